The van der Waals surface area contributed by atoms with Gasteiger partial charge in [0.05, 0.1) is 4.90 Å². The number of unbranched alkanes of at least 4 members (excludes halogenated alkanes) is 4. The Balaban J connectivity index is 0.000000569. The van der Waals surface area contributed by atoms with Gasteiger partial charge in [0.1, 0.15) is 0 Å². The van der Waals surface area contributed by atoms with Gasteiger partial charge in [-0.25, -0.2) is 10.0 Å². The van der Waals surface area contributed by atoms with Gasteiger partial charge < -0.3 is 0 Å². The summed E-state index contributed by atoms with van der Waals surface area (Å²) in [6.07, 6.45) is 11.5. The predicted molar refractivity (Wildman–Crippen MR) is 123 cm³/mol. The summed E-state index contributed by atoms with van der Waals surface area (Å²) in [5, 5.41) is 0. The maximum absolute atomic E-state index is 10.4. The topological polar surface area (TPSA) is 54.4 Å². The van der Waals surface area contributed by atoms with Crippen molar-refractivity contribution in [2.75, 3.05) is 23.0 Å². The zero-order valence-electron chi connectivity index (χ0n) is 18.0. The van der Waals surface area contributed by atoms with Crippen LogP contribution >= 0.6 is 10.0 Å². The molecule has 0 aliphatic rings. The first-order valence-electron chi connectivity index (χ1n) is 10.6. The highest BCUT2D eigenvalue weighted by molar-refractivity contribution is 8.33. The molecule has 0 radical (unpaired) electrons. The summed E-state index contributed by atoms with van der Waals surface area (Å²) >= 11 is 0. The predicted octanol–water partition coefficient (Wildman–Crippen LogP) is 6.92. The molecule has 3 nitrogen and oxygen atoms in total. The van der Waals surface area contributed by atoms with Gasteiger partial charge in [0.25, 0.3) is 10.1 Å². The Morgan fingerprint density at radius 1 is 0.667 bits per heavy atom. The van der Waals surface area contributed by atoms with Gasteiger partial charge in [0.2, 0.25) is 0 Å². The zero-order valence-corrected chi connectivity index (χ0v) is 19.6. The average Bonchev–Trinajstić information content (AvgIpc) is 2.67. The average molecular weight is 419 g/mol. The summed E-state index contributed by atoms with van der Waals surface area (Å²) in [6, 6.07) is 7.42. The van der Waals surface area contributed by atoms with Crippen molar-refractivity contribution < 1.29 is 13.0 Å². The van der Waals surface area contributed by atoms with E-state index in [1.807, 2.05) is 0 Å². The molecule has 0 aliphatic carbocycles. The van der Waals surface area contributed by atoms with Gasteiger partial charge in [-0.15, -0.1) is 0 Å². The third kappa shape index (κ3) is 12.5. The summed E-state index contributed by atoms with van der Waals surface area (Å²) in [6.45, 7) is 9.40. The molecule has 1 rings (SSSR count). The number of rotatable bonds is 13. The summed E-state index contributed by atoms with van der Waals surface area (Å²) in [7, 11) is -4.25. The van der Waals surface area contributed by atoms with Crippen LogP contribution in [0.5, 0.6) is 0 Å². The Hall–Kier alpha value is -0.520. The Labute approximate surface area is 170 Å². The quantitative estimate of drug-likeness (QED) is 0.353. The lowest BCUT2D eigenvalue weighted by molar-refractivity contribution is 0.483. The SMILES string of the molecule is CCCCS(CCCC)(CCCC)CCCC.O=S(=O)(O)c1ccccc1. The van der Waals surface area contributed by atoms with Crippen molar-refractivity contribution >= 4 is 20.1 Å². The molecule has 1 aromatic rings. The first kappa shape index (κ1) is 26.5. The van der Waals surface area contributed by atoms with Crippen molar-refractivity contribution in [3.8, 4) is 0 Å². The molecule has 1 N–H and O–H groups in total. The van der Waals surface area contributed by atoms with Crippen molar-refractivity contribution in [1.29, 1.82) is 0 Å². The molecular weight excluding hydrogens is 376 g/mol. The van der Waals surface area contributed by atoms with Crippen LogP contribution in [-0.2, 0) is 10.1 Å². The van der Waals surface area contributed by atoms with Gasteiger partial charge in [0.15, 0.2) is 0 Å². The molecule has 1 aromatic carbocycles. The Morgan fingerprint density at radius 3 is 1.22 bits per heavy atom. The molecule has 0 heterocycles. The van der Waals surface area contributed by atoms with Gasteiger partial charge in [-0.05, 0) is 60.8 Å². The van der Waals surface area contributed by atoms with E-state index in [9.17, 15) is 8.42 Å². The van der Waals surface area contributed by atoms with E-state index in [4.69, 9.17) is 4.55 Å². The van der Waals surface area contributed by atoms with E-state index in [1.54, 1.807) is 41.2 Å². The zero-order chi connectivity index (χ0) is 20.6. The van der Waals surface area contributed by atoms with Gasteiger partial charge in [-0.3, -0.25) is 4.55 Å². The van der Waals surface area contributed by atoms with E-state index in [0.29, 0.717) is 0 Å². The van der Waals surface area contributed by atoms with E-state index in [0.717, 1.165) is 0 Å². The normalized spacial score (nSPS) is 12.3. The van der Waals surface area contributed by atoms with E-state index < -0.39 is 10.1 Å². The molecule has 0 aliphatic heterocycles. The van der Waals surface area contributed by atoms with Crippen LogP contribution in [0, 0.1) is 0 Å². The summed E-state index contributed by atoms with van der Waals surface area (Å²) < 4.78 is 29.2. The highest BCUT2D eigenvalue weighted by Crippen LogP contribution is 2.51. The van der Waals surface area contributed by atoms with Crippen LogP contribution in [0.2, 0.25) is 0 Å². The molecule has 27 heavy (non-hydrogen) atoms. The van der Waals surface area contributed by atoms with E-state index in [2.05, 4.69) is 27.7 Å². The van der Waals surface area contributed by atoms with Crippen LogP contribution in [0.3, 0.4) is 0 Å². The first-order chi connectivity index (χ1) is 12.8. The van der Waals surface area contributed by atoms with Gasteiger partial charge in [-0.1, -0.05) is 71.6 Å². The van der Waals surface area contributed by atoms with Crippen molar-refractivity contribution in [2.24, 2.45) is 0 Å². The van der Waals surface area contributed by atoms with Crippen LogP contribution in [0.1, 0.15) is 79.1 Å². The summed E-state index contributed by atoms with van der Waals surface area (Å²) in [4.78, 5) is -0.0741. The third-order valence-electron chi connectivity index (χ3n) is 4.76. The molecule has 160 valence electrons. The molecule has 0 saturated carbocycles. The van der Waals surface area contributed by atoms with E-state index >= 15 is 0 Å². The van der Waals surface area contributed by atoms with Gasteiger partial charge in [0, 0.05) is 0 Å². The molecule has 5 heteroatoms. The van der Waals surface area contributed by atoms with Crippen LogP contribution in [0.15, 0.2) is 35.2 Å². The van der Waals surface area contributed by atoms with Crippen molar-refractivity contribution in [1.82, 2.24) is 0 Å². The fourth-order valence-electron chi connectivity index (χ4n) is 3.01. The standard InChI is InChI=1S/C16H36S.C6H6O3S/c1-5-9-13-17(14-10-6-2,15-11-7-3)16-12-8-4;7-10(8,9)6-4-2-1-3-5-6/h5-16H2,1-4H3;1-5H,(H,7,8,9). The van der Waals surface area contributed by atoms with Crippen molar-refractivity contribution in [2.45, 2.75) is 84.0 Å². The minimum Gasteiger partial charge on any atom is -0.282 e. The number of hydrogen-bond acceptors (Lipinski definition) is 2. The van der Waals surface area contributed by atoms with Gasteiger partial charge >= 0.3 is 0 Å². The van der Waals surface area contributed by atoms with Crippen LogP contribution in [0.25, 0.3) is 0 Å². The summed E-state index contributed by atoms with van der Waals surface area (Å²) in [5.41, 5.74) is 0. The maximum atomic E-state index is 10.4. The maximum Gasteiger partial charge on any atom is 0.294 e. The smallest absolute Gasteiger partial charge is 0.282 e. The van der Waals surface area contributed by atoms with Gasteiger partial charge in [-0.2, -0.15) is 8.42 Å². The first-order valence-corrected chi connectivity index (χ1v) is 14.4. The molecule has 0 atom stereocenters. The highest BCUT2D eigenvalue weighted by Gasteiger charge is 2.21. The second-order valence-electron chi connectivity index (χ2n) is 7.24. The van der Waals surface area contributed by atoms with E-state index in [-0.39, 0.29) is 14.9 Å². The third-order valence-corrected chi connectivity index (χ3v) is 10.3. The van der Waals surface area contributed by atoms with Crippen molar-refractivity contribution in [3.05, 3.63) is 30.3 Å². The van der Waals surface area contributed by atoms with E-state index in [1.165, 1.54) is 63.5 Å². The Bertz CT molecular complexity index is 519. The van der Waals surface area contributed by atoms with Crippen molar-refractivity contribution in [3.63, 3.8) is 0 Å². The molecule has 0 spiro atoms. The fraction of sp³-hybridized carbons (Fsp3) is 0.727. The molecule has 0 aromatic heterocycles. The fourth-order valence-corrected chi connectivity index (χ4v) is 8.34. The lowest BCUT2D eigenvalue weighted by Gasteiger charge is -2.41. The lowest BCUT2D eigenvalue weighted by atomic mass is 10.4. The number of hydrogen-bond donors (Lipinski definition) is 1. The molecule has 0 saturated heterocycles. The highest BCUT2D eigenvalue weighted by atomic mass is 32.3. The second-order valence-corrected chi connectivity index (χ2v) is 12.7. The Morgan fingerprint density at radius 2 is 1.00 bits per heavy atom. The minimum atomic E-state index is -4.00. The molecule has 0 bridgehead atoms. The molecule has 0 amide bonds. The van der Waals surface area contributed by atoms with Crippen LogP contribution < -0.4 is 0 Å². The summed E-state index contributed by atoms with van der Waals surface area (Å²) in [5.74, 6) is 6.29. The largest absolute Gasteiger partial charge is 0.294 e. The minimum absolute atomic E-state index is 0.0741. The second kappa shape index (κ2) is 15.4. The monoisotopic (exact) mass is 418 g/mol. The lowest BCUT2D eigenvalue weighted by Crippen LogP contribution is -2.18. The number of benzene rings is 1. The van der Waals surface area contributed by atoms with Crippen LogP contribution in [-0.4, -0.2) is 36.0 Å². The Kier molecular flexibility index (Phi) is 15.1. The molecule has 0 fully saturated rings. The van der Waals surface area contributed by atoms with Crippen LogP contribution in [0.4, 0.5) is 0 Å². The molecule has 0 unspecified atom stereocenters. The molecular formula is C22H42O3S2.